The molecule has 3 heterocycles. The highest BCUT2D eigenvalue weighted by Gasteiger charge is 2.30. The summed E-state index contributed by atoms with van der Waals surface area (Å²) in [5.74, 6) is 0.667. The van der Waals surface area contributed by atoms with Crippen LogP contribution in [0, 0.1) is 6.92 Å². The topological polar surface area (TPSA) is 31.9 Å². The Morgan fingerprint density at radius 3 is 2.64 bits per heavy atom. The SMILES string of the molecule is Cc1cnc(CSc2cc3ccc(C(F)(F)F)cc3[nH]2)cc1N1CCCCC1. The second kappa shape index (κ2) is 7.70. The number of nitrogens with one attached hydrogen (secondary N) is 1. The first-order chi connectivity index (χ1) is 13.4. The Labute approximate surface area is 166 Å². The number of nitrogens with zero attached hydrogens (tertiary/aromatic N) is 2. The molecule has 28 heavy (non-hydrogen) atoms. The van der Waals surface area contributed by atoms with E-state index in [2.05, 4.69) is 27.9 Å². The number of benzene rings is 1. The predicted octanol–water partition coefficient (Wildman–Crippen LogP) is 6.17. The number of thioether (sulfide) groups is 1. The van der Waals surface area contributed by atoms with Gasteiger partial charge in [0.1, 0.15) is 0 Å². The summed E-state index contributed by atoms with van der Waals surface area (Å²) in [4.78, 5) is 10.1. The molecule has 0 aliphatic carbocycles. The standard InChI is InChI=1S/C21H22F3N3S/c1-14-12-25-17(11-19(14)27-7-3-2-4-8-27)13-28-20-9-15-5-6-16(21(22,23)24)10-18(15)26-20/h5-6,9-12,26H,2-4,7-8,13H2,1H3. The molecule has 1 aliphatic rings. The van der Waals surface area contributed by atoms with Crippen molar-refractivity contribution in [2.45, 2.75) is 43.1 Å². The number of rotatable bonds is 4. The van der Waals surface area contributed by atoms with Crippen LogP contribution < -0.4 is 4.90 Å². The molecule has 4 rings (SSSR count). The second-order valence-corrected chi connectivity index (χ2v) is 8.25. The minimum atomic E-state index is -4.33. The number of fused-ring (bicyclic) bond motifs is 1. The molecule has 1 saturated heterocycles. The minimum absolute atomic E-state index is 0.503. The molecule has 0 unspecified atom stereocenters. The van der Waals surface area contributed by atoms with Crippen LogP contribution in [0.25, 0.3) is 10.9 Å². The molecule has 148 valence electrons. The average Bonchev–Trinajstić information content (AvgIpc) is 3.09. The Morgan fingerprint density at radius 1 is 1.11 bits per heavy atom. The molecule has 0 bridgehead atoms. The van der Waals surface area contributed by atoms with E-state index in [1.807, 2.05) is 12.3 Å². The van der Waals surface area contributed by atoms with Gasteiger partial charge in [-0.3, -0.25) is 4.98 Å². The quantitative estimate of drug-likeness (QED) is 0.527. The minimum Gasteiger partial charge on any atom is -0.371 e. The lowest BCUT2D eigenvalue weighted by Gasteiger charge is -2.30. The molecule has 2 aromatic heterocycles. The van der Waals surface area contributed by atoms with Gasteiger partial charge in [-0.05, 0) is 56.0 Å². The van der Waals surface area contributed by atoms with E-state index in [9.17, 15) is 13.2 Å². The maximum Gasteiger partial charge on any atom is 0.416 e. The van der Waals surface area contributed by atoms with Gasteiger partial charge in [0, 0.05) is 41.6 Å². The van der Waals surface area contributed by atoms with E-state index >= 15 is 0 Å². The zero-order valence-corrected chi connectivity index (χ0v) is 16.5. The van der Waals surface area contributed by atoms with Crippen molar-refractivity contribution in [3.8, 4) is 0 Å². The lowest BCUT2D eigenvalue weighted by atomic mass is 10.1. The zero-order chi connectivity index (χ0) is 19.7. The number of aromatic amines is 1. The number of anilines is 1. The number of hydrogen-bond acceptors (Lipinski definition) is 3. The number of aromatic nitrogens is 2. The van der Waals surface area contributed by atoms with Gasteiger partial charge in [0.05, 0.1) is 16.3 Å². The Morgan fingerprint density at radius 2 is 1.89 bits per heavy atom. The van der Waals surface area contributed by atoms with Crippen LogP contribution in [-0.2, 0) is 11.9 Å². The van der Waals surface area contributed by atoms with E-state index in [0.29, 0.717) is 11.3 Å². The number of H-pyrrole nitrogens is 1. The van der Waals surface area contributed by atoms with Gasteiger partial charge in [0.25, 0.3) is 0 Å². The summed E-state index contributed by atoms with van der Waals surface area (Å²) in [6, 6.07) is 7.84. The Hall–Kier alpha value is -2.15. The van der Waals surface area contributed by atoms with E-state index < -0.39 is 11.7 Å². The summed E-state index contributed by atoms with van der Waals surface area (Å²) in [7, 11) is 0. The van der Waals surface area contributed by atoms with Gasteiger partial charge >= 0.3 is 6.18 Å². The van der Waals surface area contributed by atoms with Crippen molar-refractivity contribution in [3.05, 3.63) is 53.3 Å². The monoisotopic (exact) mass is 405 g/mol. The number of pyridine rings is 1. The molecular formula is C21H22F3N3S. The van der Waals surface area contributed by atoms with Gasteiger partial charge in [-0.2, -0.15) is 13.2 Å². The highest BCUT2D eigenvalue weighted by atomic mass is 32.2. The third kappa shape index (κ3) is 4.14. The van der Waals surface area contributed by atoms with Crippen molar-refractivity contribution >= 4 is 28.4 Å². The molecule has 7 heteroatoms. The normalized spacial score (nSPS) is 15.4. The van der Waals surface area contributed by atoms with Crippen molar-refractivity contribution < 1.29 is 13.2 Å². The van der Waals surface area contributed by atoms with Gasteiger partial charge in [-0.25, -0.2) is 0 Å². The molecular weight excluding hydrogens is 383 g/mol. The third-order valence-corrected chi connectivity index (χ3v) is 6.10. The molecule has 0 radical (unpaired) electrons. The van der Waals surface area contributed by atoms with Crippen molar-refractivity contribution in [1.82, 2.24) is 9.97 Å². The van der Waals surface area contributed by atoms with Gasteiger partial charge < -0.3 is 9.88 Å². The van der Waals surface area contributed by atoms with Crippen LogP contribution in [0.2, 0.25) is 0 Å². The largest absolute Gasteiger partial charge is 0.416 e. The van der Waals surface area contributed by atoms with Crippen molar-refractivity contribution in [1.29, 1.82) is 0 Å². The van der Waals surface area contributed by atoms with Crippen molar-refractivity contribution in [2.24, 2.45) is 0 Å². The number of halogens is 3. The van der Waals surface area contributed by atoms with E-state index in [-0.39, 0.29) is 0 Å². The summed E-state index contributed by atoms with van der Waals surface area (Å²) < 4.78 is 38.7. The summed E-state index contributed by atoms with van der Waals surface area (Å²) in [5.41, 5.74) is 3.27. The number of aryl methyl sites for hydroxylation is 1. The van der Waals surface area contributed by atoms with E-state index in [1.165, 1.54) is 36.6 Å². The molecule has 0 amide bonds. The Bertz CT molecular complexity index is 975. The number of alkyl halides is 3. The van der Waals surface area contributed by atoms with E-state index in [4.69, 9.17) is 0 Å². The first-order valence-electron chi connectivity index (χ1n) is 9.43. The number of piperidine rings is 1. The first kappa shape index (κ1) is 19.2. The van der Waals surface area contributed by atoms with Crippen molar-refractivity contribution in [3.63, 3.8) is 0 Å². The summed E-state index contributed by atoms with van der Waals surface area (Å²) in [6.45, 7) is 4.26. The first-order valence-corrected chi connectivity index (χ1v) is 10.4. The smallest absolute Gasteiger partial charge is 0.371 e. The maximum absolute atomic E-state index is 12.9. The van der Waals surface area contributed by atoms with E-state index in [0.717, 1.165) is 41.3 Å². The van der Waals surface area contributed by atoms with Crippen LogP contribution in [-0.4, -0.2) is 23.1 Å². The highest BCUT2D eigenvalue weighted by molar-refractivity contribution is 7.98. The molecule has 1 N–H and O–H groups in total. The lowest BCUT2D eigenvalue weighted by Crippen LogP contribution is -2.30. The fourth-order valence-electron chi connectivity index (χ4n) is 3.62. The fraction of sp³-hybridized carbons (Fsp3) is 0.381. The lowest BCUT2D eigenvalue weighted by molar-refractivity contribution is -0.137. The van der Waals surface area contributed by atoms with Gasteiger partial charge in [-0.1, -0.05) is 6.07 Å². The van der Waals surface area contributed by atoms with Gasteiger partial charge in [-0.15, -0.1) is 11.8 Å². The molecule has 0 atom stereocenters. The van der Waals surface area contributed by atoms with E-state index in [1.54, 1.807) is 11.8 Å². The van der Waals surface area contributed by atoms with Crippen LogP contribution in [0.5, 0.6) is 0 Å². The zero-order valence-electron chi connectivity index (χ0n) is 15.6. The second-order valence-electron chi connectivity index (χ2n) is 7.23. The molecule has 3 nitrogen and oxygen atoms in total. The Balaban J connectivity index is 1.49. The molecule has 1 aromatic carbocycles. The summed E-state index contributed by atoms with van der Waals surface area (Å²) in [6.07, 6.45) is 1.32. The third-order valence-electron chi connectivity index (χ3n) is 5.13. The summed E-state index contributed by atoms with van der Waals surface area (Å²) >= 11 is 1.56. The molecule has 3 aromatic rings. The number of hydrogen-bond donors (Lipinski definition) is 1. The summed E-state index contributed by atoms with van der Waals surface area (Å²) in [5, 5.41) is 1.62. The fourth-order valence-corrected chi connectivity index (χ4v) is 4.47. The molecule has 1 aliphatic heterocycles. The van der Waals surface area contributed by atoms with Crippen LogP contribution in [0.3, 0.4) is 0 Å². The highest BCUT2D eigenvalue weighted by Crippen LogP contribution is 2.33. The average molecular weight is 405 g/mol. The van der Waals surface area contributed by atoms with Crippen molar-refractivity contribution in [2.75, 3.05) is 18.0 Å². The van der Waals surface area contributed by atoms with Crippen LogP contribution in [0.4, 0.5) is 18.9 Å². The maximum atomic E-state index is 12.9. The molecule has 1 fully saturated rings. The van der Waals surface area contributed by atoms with Crippen LogP contribution in [0.1, 0.15) is 36.1 Å². The molecule has 0 spiro atoms. The predicted molar refractivity (Wildman–Crippen MR) is 108 cm³/mol. The Kier molecular flexibility index (Phi) is 5.27. The van der Waals surface area contributed by atoms with Crippen LogP contribution in [0.15, 0.2) is 41.6 Å². The van der Waals surface area contributed by atoms with Gasteiger partial charge in [0.15, 0.2) is 0 Å². The van der Waals surface area contributed by atoms with Gasteiger partial charge in [0.2, 0.25) is 0 Å². The molecule has 0 saturated carbocycles. The van der Waals surface area contributed by atoms with Crippen LogP contribution >= 0.6 is 11.8 Å².